The van der Waals surface area contributed by atoms with Crippen molar-refractivity contribution < 1.29 is 32.6 Å². The van der Waals surface area contributed by atoms with Crippen molar-refractivity contribution in [1.29, 1.82) is 0 Å². The molecule has 1 aromatic heterocycles. The molecule has 0 spiro atoms. The lowest BCUT2D eigenvalue weighted by atomic mass is 10.0. The van der Waals surface area contributed by atoms with Gasteiger partial charge in [-0.05, 0) is 6.07 Å². The topological polar surface area (TPSA) is 89.4 Å². The van der Waals surface area contributed by atoms with Crippen molar-refractivity contribution in [3.63, 3.8) is 0 Å². The first kappa shape index (κ1) is 17.7. The SMILES string of the molecule is COC(=O)c1ncc(-c2c(C(F)F)ccc(Cl)c2F)nc1C(=O)O. The normalized spacial score (nSPS) is 10.8. The number of aromatic carboxylic acids is 1. The summed E-state index contributed by atoms with van der Waals surface area (Å²) in [5, 5.41) is 8.65. The molecule has 1 N–H and O–H groups in total. The number of ether oxygens (including phenoxy) is 1. The molecule has 24 heavy (non-hydrogen) atoms. The van der Waals surface area contributed by atoms with Gasteiger partial charge in [0.05, 0.1) is 24.0 Å². The fourth-order valence-electron chi connectivity index (χ4n) is 1.91. The summed E-state index contributed by atoms with van der Waals surface area (Å²) in [5.74, 6) is -3.95. The van der Waals surface area contributed by atoms with E-state index >= 15 is 0 Å². The minimum Gasteiger partial charge on any atom is -0.476 e. The van der Waals surface area contributed by atoms with E-state index in [9.17, 15) is 22.8 Å². The summed E-state index contributed by atoms with van der Waals surface area (Å²) < 4.78 is 44.7. The number of carboxylic acid groups (broad SMARTS) is 1. The van der Waals surface area contributed by atoms with E-state index < -0.39 is 57.4 Å². The third-order valence-electron chi connectivity index (χ3n) is 2.97. The highest BCUT2D eigenvalue weighted by Gasteiger charge is 2.26. The molecule has 0 bridgehead atoms. The summed E-state index contributed by atoms with van der Waals surface area (Å²) in [5.41, 5.74) is -3.44. The molecule has 6 nitrogen and oxygen atoms in total. The van der Waals surface area contributed by atoms with Crippen molar-refractivity contribution >= 4 is 23.5 Å². The molecule has 0 aliphatic heterocycles. The third-order valence-corrected chi connectivity index (χ3v) is 3.26. The maximum Gasteiger partial charge on any atom is 0.359 e. The van der Waals surface area contributed by atoms with E-state index in [4.69, 9.17) is 16.7 Å². The molecule has 2 aromatic rings. The molecule has 0 radical (unpaired) electrons. The van der Waals surface area contributed by atoms with Crippen LogP contribution < -0.4 is 0 Å². The largest absolute Gasteiger partial charge is 0.476 e. The first-order chi connectivity index (χ1) is 11.3. The first-order valence-electron chi connectivity index (χ1n) is 6.23. The first-order valence-corrected chi connectivity index (χ1v) is 6.60. The lowest BCUT2D eigenvalue weighted by Gasteiger charge is -2.12. The molecule has 2 rings (SSSR count). The Kier molecular flexibility index (Phi) is 5.03. The number of benzene rings is 1. The van der Waals surface area contributed by atoms with Crippen LogP contribution in [0, 0.1) is 5.82 Å². The smallest absolute Gasteiger partial charge is 0.359 e. The van der Waals surface area contributed by atoms with Gasteiger partial charge in [0.1, 0.15) is 0 Å². The number of carboxylic acids is 1. The number of rotatable bonds is 4. The van der Waals surface area contributed by atoms with Crippen molar-refractivity contribution in [2.75, 3.05) is 7.11 Å². The summed E-state index contributed by atoms with van der Waals surface area (Å²) in [6, 6.07) is 1.83. The van der Waals surface area contributed by atoms with Crippen LogP contribution in [0.1, 0.15) is 33.0 Å². The number of alkyl halides is 2. The van der Waals surface area contributed by atoms with E-state index in [-0.39, 0.29) is 0 Å². The summed E-state index contributed by atoms with van der Waals surface area (Å²) >= 11 is 5.59. The van der Waals surface area contributed by atoms with Crippen LogP contribution in [0.2, 0.25) is 5.02 Å². The number of hydrogen-bond acceptors (Lipinski definition) is 5. The summed E-state index contributed by atoms with van der Waals surface area (Å²) in [7, 11) is 0.995. The molecule has 1 heterocycles. The zero-order valence-electron chi connectivity index (χ0n) is 11.9. The second kappa shape index (κ2) is 6.83. The molecular formula is C14H8ClF3N2O4. The number of carbonyl (C=O) groups excluding carboxylic acids is 1. The molecule has 1 aromatic carbocycles. The number of hydrogen-bond donors (Lipinski definition) is 1. The standard InChI is InChI=1S/C14H8ClF3N2O4/c1-24-14(23)11-10(13(21)22)20-7(4-19-11)8-5(12(17)18)2-3-6(15)9(8)16/h2-4,12H,1H3,(H,21,22). The maximum absolute atomic E-state index is 14.2. The maximum atomic E-state index is 14.2. The average Bonchev–Trinajstić information content (AvgIpc) is 2.55. The van der Waals surface area contributed by atoms with Crippen molar-refractivity contribution in [3.8, 4) is 11.3 Å². The van der Waals surface area contributed by atoms with E-state index in [1.54, 1.807) is 0 Å². The molecule has 126 valence electrons. The van der Waals surface area contributed by atoms with E-state index in [1.807, 2.05) is 0 Å². The van der Waals surface area contributed by atoms with Crippen LogP contribution in [0.25, 0.3) is 11.3 Å². The van der Waals surface area contributed by atoms with Crippen molar-refractivity contribution in [1.82, 2.24) is 9.97 Å². The fourth-order valence-corrected chi connectivity index (χ4v) is 2.07. The number of methoxy groups -OCH3 is 1. The Hall–Kier alpha value is -2.68. The molecule has 0 amide bonds. The van der Waals surface area contributed by atoms with Crippen LogP contribution in [0.15, 0.2) is 18.3 Å². The number of nitrogens with zero attached hydrogens (tertiary/aromatic N) is 2. The summed E-state index contributed by atoms with van der Waals surface area (Å²) in [6.07, 6.45) is -2.28. The number of carbonyl (C=O) groups is 2. The average molecular weight is 361 g/mol. The number of halogens is 4. The van der Waals surface area contributed by atoms with Gasteiger partial charge in [-0.25, -0.2) is 32.7 Å². The predicted molar refractivity (Wildman–Crippen MR) is 75.7 cm³/mol. The molecule has 0 saturated carbocycles. The van der Waals surface area contributed by atoms with Gasteiger partial charge in [-0.3, -0.25) is 0 Å². The van der Waals surface area contributed by atoms with Gasteiger partial charge in [0.2, 0.25) is 0 Å². The van der Waals surface area contributed by atoms with Gasteiger partial charge >= 0.3 is 11.9 Å². The van der Waals surface area contributed by atoms with Gasteiger partial charge in [0.15, 0.2) is 17.2 Å². The monoisotopic (exact) mass is 360 g/mol. The Morgan fingerprint density at radius 2 is 1.96 bits per heavy atom. The quantitative estimate of drug-likeness (QED) is 0.841. The van der Waals surface area contributed by atoms with Crippen molar-refractivity contribution in [2.24, 2.45) is 0 Å². The Balaban J connectivity index is 2.75. The Bertz CT molecular complexity index is 830. The second-order valence-electron chi connectivity index (χ2n) is 4.38. The van der Waals surface area contributed by atoms with Crippen LogP contribution in [-0.2, 0) is 4.74 Å². The van der Waals surface area contributed by atoms with E-state index in [0.717, 1.165) is 25.4 Å². The Morgan fingerprint density at radius 3 is 2.50 bits per heavy atom. The third kappa shape index (κ3) is 3.16. The van der Waals surface area contributed by atoms with Gasteiger partial charge < -0.3 is 9.84 Å². The van der Waals surface area contributed by atoms with Crippen LogP contribution in [0.4, 0.5) is 13.2 Å². The van der Waals surface area contributed by atoms with E-state index in [1.165, 1.54) is 0 Å². The fraction of sp³-hybridized carbons (Fsp3) is 0.143. The highest BCUT2D eigenvalue weighted by Crippen LogP contribution is 2.35. The van der Waals surface area contributed by atoms with Crippen LogP contribution in [-0.4, -0.2) is 34.1 Å². The summed E-state index contributed by atoms with van der Waals surface area (Å²) in [4.78, 5) is 29.8. The van der Waals surface area contributed by atoms with E-state index in [0.29, 0.717) is 0 Å². The molecule has 10 heteroatoms. The lowest BCUT2D eigenvalue weighted by Crippen LogP contribution is -2.15. The zero-order valence-corrected chi connectivity index (χ0v) is 12.6. The van der Waals surface area contributed by atoms with Crippen LogP contribution in [0.3, 0.4) is 0 Å². The Morgan fingerprint density at radius 1 is 1.29 bits per heavy atom. The Labute approximate surface area is 137 Å². The van der Waals surface area contributed by atoms with Crippen molar-refractivity contribution in [3.05, 3.63) is 46.1 Å². The van der Waals surface area contributed by atoms with Gasteiger partial charge in [0.25, 0.3) is 6.43 Å². The highest BCUT2D eigenvalue weighted by molar-refractivity contribution is 6.31. The van der Waals surface area contributed by atoms with Crippen LogP contribution in [0.5, 0.6) is 0 Å². The minimum atomic E-state index is -3.07. The molecule has 0 atom stereocenters. The molecular weight excluding hydrogens is 353 g/mol. The predicted octanol–water partition coefficient (Wildman–Crippen LogP) is 3.36. The lowest BCUT2D eigenvalue weighted by molar-refractivity contribution is 0.0573. The highest BCUT2D eigenvalue weighted by atomic mass is 35.5. The van der Waals surface area contributed by atoms with Gasteiger partial charge in [-0.15, -0.1) is 0 Å². The van der Waals surface area contributed by atoms with Crippen molar-refractivity contribution in [2.45, 2.75) is 6.43 Å². The summed E-state index contributed by atoms with van der Waals surface area (Å²) in [6.45, 7) is 0. The number of aromatic nitrogens is 2. The zero-order chi connectivity index (χ0) is 18.0. The van der Waals surface area contributed by atoms with Gasteiger partial charge in [0, 0.05) is 11.1 Å². The molecule has 0 aliphatic rings. The van der Waals surface area contributed by atoms with Gasteiger partial charge in [-0.1, -0.05) is 17.7 Å². The van der Waals surface area contributed by atoms with Gasteiger partial charge in [-0.2, -0.15) is 0 Å². The van der Waals surface area contributed by atoms with E-state index in [2.05, 4.69) is 14.7 Å². The molecule has 0 fully saturated rings. The second-order valence-corrected chi connectivity index (χ2v) is 4.78. The molecule has 0 unspecified atom stereocenters. The molecule has 0 aliphatic carbocycles. The minimum absolute atomic E-state index is 0.454. The number of esters is 1. The van der Waals surface area contributed by atoms with Crippen LogP contribution >= 0.6 is 11.6 Å². The molecule has 0 saturated heterocycles.